The molecule has 4 bridgehead atoms. The van der Waals surface area contributed by atoms with E-state index in [1.54, 1.807) is 18.3 Å². The Morgan fingerprint density at radius 3 is 2.35 bits per heavy atom. The molecule has 0 aliphatic heterocycles. The van der Waals surface area contributed by atoms with Crippen LogP contribution in [-0.2, 0) is 11.3 Å². The van der Waals surface area contributed by atoms with Gasteiger partial charge in [-0.1, -0.05) is 6.07 Å². The molecule has 4 fully saturated rings. The molecule has 0 atom stereocenters. The van der Waals surface area contributed by atoms with E-state index in [9.17, 15) is 9.59 Å². The summed E-state index contributed by atoms with van der Waals surface area (Å²) in [7, 11) is 1.91. The molecule has 0 saturated heterocycles. The lowest BCUT2D eigenvalue weighted by Crippen LogP contribution is -2.51. The van der Waals surface area contributed by atoms with E-state index in [-0.39, 0.29) is 18.0 Å². The van der Waals surface area contributed by atoms with Crippen molar-refractivity contribution in [2.24, 2.45) is 23.2 Å². The number of aromatic nitrogens is 1. The lowest BCUT2D eigenvalue weighted by atomic mass is 9.49. The summed E-state index contributed by atoms with van der Waals surface area (Å²) in [5.41, 5.74) is 0.255. The van der Waals surface area contributed by atoms with Crippen molar-refractivity contribution in [3.63, 3.8) is 0 Å². The highest BCUT2D eigenvalue weighted by Gasteiger charge is 2.51. The Bertz CT molecular complexity index is 628. The summed E-state index contributed by atoms with van der Waals surface area (Å²) in [6.07, 6.45) is 9.90. The number of hydrogen-bond donors (Lipinski definition) is 0. The highest BCUT2D eigenvalue weighted by Crippen LogP contribution is 2.60. The van der Waals surface area contributed by atoms with Crippen molar-refractivity contribution in [3.8, 4) is 0 Å². The van der Waals surface area contributed by atoms with E-state index in [0.29, 0.717) is 5.41 Å². The molecule has 4 heteroatoms. The van der Waals surface area contributed by atoms with E-state index in [0.717, 1.165) is 24.3 Å². The molecule has 1 heterocycles. The molecule has 4 saturated carbocycles. The molecular formula is C19H26N2O2. The van der Waals surface area contributed by atoms with Gasteiger partial charge in [-0.15, -0.1) is 0 Å². The molecule has 0 radical (unpaired) electrons. The third-order valence-corrected chi connectivity index (χ3v) is 6.37. The van der Waals surface area contributed by atoms with Crippen LogP contribution in [0, 0.1) is 23.2 Å². The number of pyridine rings is 1. The number of rotatable bonds is 4. The summed E-state index contributed by atoms with van der Waals surface area (Å²) in [6.45, 7) is 1.03. The van der Waals surface area contributed by atoms with E-state index in [1.807, 2.05) is 11.9 Å². The van der Waals surface area contributed by atoms with Crippen molar-refractivity contribution < 1.29 is 4.79 Å². The molecule has 23 heavy (non-hydrogen) atoms. The summed E-state index contributed by atoms with van der Waals surface area (Å²) in [4.78, 5) is 26.2. The van der Waals surface area contributed by atoms with Crippen LogP contribution in [0.15, 0.2) is 29.2 Å². The van der Waals surface area contributed by atoms with Crippen molar-refractivity contribution in [2.45, 2.75) is 45.1 Å². The predicted molar refractivity (Wildman–Crippen MR) is 88.9 cm³/mol. The van der Waals surface area contributed by atoms with Gasteiger partial charge in [-0.05, 0) is 67.8 Å². The van der Waals surface area contributed by atoms with Crippen molar-refractivity contribution in [2.75, 3.05) is 13.6 Å². The number of likely N-dealkylation sites (N-methyl/N-ethyl adjacent to an activating group) is 1. The minimum absolute atomic E-state index is 0.0500. The summed E-state index contributed by atoms with van der Waals surface area (Å²) >= 11 is 0. The fraction of sp³-hybridized carbons (Fsp3) is 0.684. The third-order valence-electron chi connectivity index (χ3n) is 6.37. The molecular weight excluding hydrogens is 288 g/mol. The molecule has 0 aromatic carbocycles. The molecule has 5 rings (SSSR count). The molecule has 4 nitrogen and oxygen atoms in total. The van der Waals surface area contributed by atoms with E-state index < -0.39 is 0 Å². The topological polar surface area (TPSA) is 42.3 Å². The van der Waals surface area contributed by atoms with Crippen LogP contribution in [-0.4, -0.2) is 29.0 Å². The summed E-state index contributed by atoms with van der Waals surface area (Å²) in [6, 6.07) is 5.02. The van der Waals surface area contributed by atoms with Crippen molar-refractivity contribution in [1.29, 1.82) is 0 Å². The molecule has 124 valence electrons. The first-order chi connectivity index (χ1) is 11.0. The van der Waals surface area contributed by atoms with Crippen molar-refractivity contribution in [1.82, 2.24) is 9.47 Å². The van der Waals surface area contributed by atoms with Gasteiger partial charge in [0, 0.05) is 25.9 Å². The minimum atomic E-state index is -0.107. The first-order valence-electron chi connectivity index (χ1n) is 8.92. The zero-order valence-electron chi connectivity index (χ0n) is 13.9. The highest BCUT2D eigenvalue weighted by molar-refractivity contribution is 5.75. The maximum absolute atomic E-state index is 12.6. The number of amides is 1. The Morgan fingerprint density at radius 2 is 1.78 bits per heavy atom. The van der Waals surface area contributed by atoms with Gasteiger partial charge in [0.1, 0.15) is 6.54 Å². The summed E-state index contributed by atoms with van der Waals surface area (Å²) in [5.74, 6) is 2.76. The molecule has 0 N–H and O–H groups in total. The average Bonchev–Trinajstić information content (AvgIpc) is 2.47. The Morgan fingerprint density at radius 1 is 1.17 bits per heavy atom. The first kappa shape index (κ1) is 15.0. The maximum atomic E-state index is 12.6. The van der Waals surface area contributed by atoms with Gasteiger partial charge in [-0.2, -0.15) is 0 Å². The largest absolute Gasteiger partial charge is 0.344 e. The van der Waals surface area contributed by atoms with Gasteiger partial charge in [0.05, 0.1) is 0 Å². The highest BCUT2D eigenvalue weighted by atomic mass is 16.2. The average molecular weight is 314 g/mol. The molecule has 0 spiro atoms. The Kier molecular flexibility index (Phi) is 3.58. The van der Waals surface area contributed by atoms with Gasteiger partial charge in [-0.3, -0.25) is 9.59 Å². The van der Waals surface area contributed by atoms with Crippen molar-refractivity contribution >= 4 is 5.91 Å². The van der Waals surface area contributed by atoms with Gasteiger partial charge in [-0.25, -0.2) is 0 Å². The molecule has 4 aliphatic rings. The van der Waals surface area contributed by atoms with Gasteiger partial charge >= 0.3 is 0 Å². The monoisotopic (exact) mass is 314 g/mol. The lowest BCUT2D eigenvalue weighted by Gasteiger charge is -2.57. The standard InChI is InChI=1S/C19H26N2O2/c1-20(18(23)12-21-5-3-2-4-17(21)22)13-19-9-14-6-15(10-19)8-16(7-14)11-19/h2-5,14-16H,6-13H2,1H3. The molecule has 1 amide bonds. The quantitative estimate of drug-likeness (QED) is 0.857. The van der Waals surface area contributed by atoms with E-state index >= 15 is 0 Å². The zero-order chi connectivity index (χ0) is 16.0. The Balaban J connectivity index is 1.43. The minimum Gasteiger partial charge on any atom is -0.344 e. The maximum Gasteiger partial charge on any atom is 0.250 e. The van der Waals surface area contributed by atoms with E-state index in [1.165, 1.54) is 49.2 Å². The van der Waals surface area contributed by atoms with Crippen LogP contribution in [0.2, 0.25) is 0 Å². The predicted octanol–water partition coefficient (Wildman–Crippen LogP) is 2.52. The van der Waals surface area contributed by atoms with E-state index in [2.05, 4.69) is 0 Å². The van der Waals surface area contributed by atoms with Gasteiger partial charge in [0.2, 0.25) is 5.91 Å². The SMILES string of the molecule is CN(CC12CC3CC(CC(C3)C1)C2)C(=O)Cn1ccccc1=O. The van der Waals surface area contributed by atoms with Gasteiger partial charge < -0.3 is 9.47 Å². The fourth-order valence-electron chi connectivity index (χ4n) is 5.93. The number of hydrogen-bond acceptors (Lipinski definition) is 2. The number of nitrogens with zero attached hydrogens (tertiary/aromatic N) is 2. The fourth-order valence-corrected chi connectivity index (χ4v) is 5.93. The smallest absolute Gasteiger partial charge is 0.250 e. The lowest BCUT2D eigenvalue weighted by molar-refractivity contribution is -0.136. The van der Waals surface area contributed by atoms with Crippen LogP contribution in [0.4, 0.5) is 0 Å². The normalized spacial score (nSPS) is 34.6. The molecule has 4 aliphatic carbocycles. The van der Waals surface area contributed by atoms with Crippen LogP contribution < -0.4 is 5.56 Å². The second kappa shape index (κ2) is 5.50. The summed E-state index contributed by atoms with van der Waals surface area (Å²) in [5, 5.41) is 0. The molecule has 0 unspecified atom stereocenters. The van der Waals surface area contributed by atoms with Crippen LogP contribution in [0.3, 0.4) is 0 Å². The van der Waals surface area contributed by atoms with Crippen LogP contribution >= 0.6 is 0 Å². The van der Waals surface area contributed by atoms with Gasteiger partial charge in [0.25, 0.3) is 5.56 Å². The van der Waals surface area contributed by atoms with Crippen LogP contribution in [0.1, 0.15) is 38.5 Å². The number of carbonyl (C=O) groups is 1. The van der Waals surface area contributed by atoms with Crippen LogP contribution in [0.5, 0.6) is 0 Å². The zero-order valence-corrected chi connectivity index (χ0v) is 13.9. The Hall–Kier alpha value is -1.58. The van der Waals surface area contributed by atoms with E-state index in [4.69, 9.17) is 0 Å². The second-order valence-electron chi connectivity index (χ2n) is 8.33. The first-order valence-corrected chi connectivity index (χ1v) is 8.92. The molecule has 1 aromatic heterocycles. The Labute approximate surface area is 137 Å². The number of carbonyl (C=O) groups excluding carboxylic acids is 1. The second-order valence-corrected chi connectivity index (χ2v) is 8.33. The van der Waals surface area contributed by atoms with Crippen LogP contribution in [0.25, 0.3) is 0 Å². The van der Waals surface area contributed by atoms with Gasteiger partial charge in [0.15, 0.2) is 0 Å². The summed E-state index contributed by atoms with van der Waals surface area (Å²) < 4.78 is 1.50. The third kappa shape index (κ3) is 2.84. The van der Waals surface area contributed by atoms with Crippen molar-refractivity contribution in [3.05, 3.63) is 34.7 Å². The molecule has 1 aromatic rings.